The molecule has 1 aromatic rings. The van der Waals surface area contributed by atoms with Crippen LogP contribution in [0.3, 0.4) is 0 Å². The number of halogens is 2. The summed E-state index contributed by atoms with van der Waals surface area (Å²) in [7, 11) is -3.03. The molecule has 0 aromatic heterocycles. The van der Waals surface area contributed by atoms with Gasteiger partial charge in [-0.25, -0.2) is 18.0 Å². The Bertz CT molecular complexity index is 740. The van der Waals surface area contributed by atoms with Crippen LogP contribution in [0.5, 0.6) is 0 Å². The first kappa shape index (κ1) is 19.0. The molecule has 1 rings (SSSR count). The summed E-state index contributed by atoms with van der Waals surface area (Å²) < 4.78 is 60.9. The van der Waals surface area contributed by atoms with Crippen molar-refractivity contribution in [2.45, 2.75) is 24.7 Å². The van der Waals surface area contributed by atoms with Gasteiger partial charge >= 0.3 is 17.9 Å². The molecular weight excluding hydrogens is 334 g/mol. The summed E-state index contributed by atoms with van der Waals surface area (Å²) in [5, 5.41) is 0. The first-order valence-corrected chi connectivity index (χ1v) is 8.34. The lowest BCUT2D eigenvalue weighted by Gasteiger charge is -2.19. The molecule has 1 aromatic carbocycles. The van der Waals surface area contributed by atoms with Crippen LogP contribution in [0.25, 0.3) is 0 Å². The van der Waals surface area contributed by atoms with Gasteiger partial charge in [0, 0.05) is 6.26 Å². The summed E-state index contributed by atoms with van der Waals surface area (Å²) in [6, 6.07) is 1.55. The van der Waals surface area contributed by atoms with E-state index in [0.717, 1.165) is 19.4 Å². The van der Waals surface area contributed by atoms with Gasteiger partial charge in [0.05, 0.1) is 29.7 Å². The average molecular weight is 350 g/mol. The third-order valence-corrected chi connectivity index (χ3v) is 4.14. The van der Waals surface area contributed by atoms with Crippen molar-refractivity contribution in [3.63, 3.8) is 0 Å². The second kappa shape index (κ2) is 6.61. The van der Waals surface area contributed by atoms with Gasteiger partial charge in [-0.05, 0) is 31.5 Å². The summed E-state index contributed by atoms with van der Waals surface area (Å²) in [5.74, 6) is -7.06. The molecule has 9 heteroatoms. The van der Waals surface area contributed by atoms with Gasteiger partial charge in [-0.3, -0.25) is 0 Å². The summed E-state index contributed by atoms with van der Waals surface area (Å²) in [6.07, 6.45) is 0.727. The molecule has 0 aliphatic heterocycles. The SMILES string of the molecule is CCOC(=O)C(F)(F)c1cc(C(=O)OC)c(C)cc1S(C)(=O)=O. The number of carbonyl (C=O) groups excluding carboxylic acids is 2. The van der Waals surface area contributed by atoms with Crippen LogP contribution in [0.4, 0.5) is 8.78 Å². The Balaban J connectivity index is 3.73. The highest BCUT2D eigenvalue weighted by Gasteiger charge is 2.46. The average Bonchev–Trinajstić information content (AvgIpc) is 2.45. The molecule has 0 amide bonds. The minimum Gasteiger partial charge on any atom is -0.465 e. The molecule has 0 saturated heterocycles. The number of aryl methyl sites for hydroxylation is 1. The first-order valence-electron chi connectivity index (χ1n) is 6.45. The molecule has 0 aliphatic rings. The van der Waals surface area contributed by atoms with Gasteiger partial charge in [-0.1, -0.05) is 0 Å². The van der Waals surface area contributed by atoms with E-state index in [9.17, 15) is 26.8 Å². The maximum absolute atomic E-state index is 14.3. The summed E-state index contributed by atoms with van der Waals surface area (Å²) in [6.45, 7) is 2.39. The van der Waals surface area contributed by atoms with Crippen LogP contribution in [0.15, 0.2) is 17.0 Å². The summed E-state index contributed by atoms with van der Waals surface area (Å²) in [5.41, 5.74) is -1.26. The van der Waals surface area contributed by atoms with E-state index in [1.807, 2.05) is 0 Å². The number of carbonyl (C=O) groups is 2. The van der Waals surface area contributed by atoms with Crippen LogP contribution in [0.2, 0.25) is 0 Å². The molecule has 0 aliphatic carbocycles. The minimum atomic E-state index is -4.23. The molecule has 0 bridgehead atoms. The Kier molecular flexibility index (Phi) is 5.47. The number of benzene rings is 1. The van der Waals surface area contributed by atoms with E-state index in [-0.39, 0.29) is 17.7 Å². The highest BCUT2D eigenvalue weighted by atomic mass is 32.2. The monoisotopic (exact) mass is 350 g/mol. The minimum absolute atomic E-state index is 0.126. The van der Waals surface area contributed by atoms with Gasteiger partial charge in [0.15, 0.2) is 9.84 Å². The zero-order valence-electron chi connectivity index (χ0n) is 13.0. The summed E-state index contributed by atoms with van der Waals surface area (Å²) in [4.78, 5) is 22.4. The normalized spacial score (nSPS) is 11.9. The van der Waals surface area contributed by atoms with Crippen molar-refractivity contribution < 1.29 is 36.3 Å². The number of esters is 2. The van der Waals surface area contributed by atoms with Gasteiger partial charge in [-0.15, -0.1) is 0 Å². The van der Waals surface area contributed by atoms with Crippen LogP contribution in [-0.4, -0.2) is 40.3 Å². The third kappa shape index (κ3) is 3.84. The molecule has 0 atom stereocenters. The molecule has 23 heavy (non-hydrogen) atoms. The first-order chi connectivity index (χ1) is 10.5. The Morgan fingerprint density at radius 3 is 2.26 bits per heavy atom. The molecule has 0 fully saturated rings. The van der Waals surface area contributed by atoms with Crippen molar-refractivity contribution in [1.82, 2.24) is 0 Å². The van der Waals surface area contributed by atoms with Gasteiger partial charge in [0.1, 0.15) is 0 Å². The van der Waals surface area contributed by atoms with Crippen molar-refractivity contribution in [3.8, 4) is 0 Å². The van der Waals surface area contributed by atoms with Crippen molar-refractivity contribution >= 4 is 21.8 Å². The Morgan fingerprint density at radius 1 is 1.26 bits per heavy atom. The molecule has 0 unspecified atom stereocenters. The fourth-order valence-electron chi connectivity index (χ4n) is 1.90. The van der Waals surface area contributed by atoms with E-state index in [1.165, 1.54) is 13.8 Å². The number of ether oxygens (including phenoxy) is 2. The van der Waals surface area contributed by atoms with Crippen LogP contribution in [0, 0.1) is 6.92 Å². The zero-order valence-corrected chi connectivity index (χ0v) is 13.8. The van der Waals surface area contributed by atoms with E-state index >= 15 is 0 Å². The Labute approximate surface area is 132 Å². The zero-order chi connectivity index (χ0) is 18.0. The fraction of sp³-hybridized carbons (Fsp3) is 0.429. The summed E-state index contributed by atoms with van der Waals surface area (Å²) >= 11 is 0. The van der Waals surface area contributed by atoms with Gasteiger partial charge in [0.2, 0.25) is 0 Å². The van der Waals surface area contributed by atoms with Gasteiger partial charge in [-0.2, -0.15) is 8.78 Å². The second-order valence-electron chi connectivity index (χ2n) is 4.72. The van der Waals surface area contributed by atoms with E-state index in [4.69, 9.17) is 0 Å². The van der Waals surface area contributed by atoms with Crippen molar-refractivity contribution in [2.75, 3.05) is 20.0 Å². The largest absolute Gasteiger partial charge is 0.465 e. The lowest BCUT2D eigenvalue weighted by Crippen LogP contribution is -2.30. The van der Waals surface area contributed by atoms with Gasteiger partial charge < -0.3 is 9.47 Å². The van der Waals surface area contributed by atoms with Crippen LogP contribution in [-0.2, 0) is 30.0 Å². The number of alkyl halides is 2. The molecule has 128 valence electrons. The molecule has 0 N–H and O–H groups in total. The number of hydrogen-bond acceptors (Lipinski definition) is 6. The molecule has 0 radical (unpaired) electrons. The Morgan fingerprint density at radius 2 is 1.83 bits per heavy atom. The van der Waals surface area contributed by atoms with E-state index < -0.39 is 38.2 Å². The molecular formula is C14H16F2O6S. The third-order valence-electron chi connectivity index (χ3n) is 3.00. The lowest BCUT2D eigenvalue weighted by molar-refractivity contribution is -0.173. The van der Waals surface area contributed by atoms with Crippen molar-refractivity contribution in [1.29, 1.82) is 0 Å². The second-order valence-corrected chi connectivity index (χ2v) is 6.71. The Hall–Kier alpha value is -2.03. The topological polar surface area (TPSA) is 86.7 Å². The maximum Gasteiger partial charge on any atom is 0.382 e. The highest BCUT2D eigenvalue weighted by Crippen LogP contribution is 2.36. The number of methoxy groups -OCH3 is 1. The number of sulfone groups is 1. The predicted molar refractivity (Wildman–Crippen MR) is 76.2 cm³/mol. The van der Waals surface area contributed by atoms with E-state index in [0.29, 0.717) is 6.07 Å². The smallest absolute Gasteiger partial charge is 0.382 e. The molecule has 0 heterocycles. The maximum atomic E-state index is 14.3. The van der Waals surface area contributed by atoms with Crippen LogP contribution >= 0.6 is 0 Å². The van der Waals surface area contributed by atoms with Crippen molar-refractivity contribution in [2.24, 2.45) is 0 Å². The standard InChI is InChI=1S/C14H16F2O6S/c1-5-22-13(18)14(15,16)10-7-9(12(17)21-3)8(2)6-11(10)23(4,19)20/h6-7H,5H2,1-4H3. The van der Waals surface area contributed by atoms with Gasteiger partial charge in [0.25, 0.3) is 0 Å². The van der Waals surface area contributed by atoms with Crippen LogP contribution in [0.1, 0.15) is 28.4 Å². The fourth-order valence-corrected chi connectivity index (χ4v) is 2.87. The molecule has 0 saturated carbocycles. The van der Waals surface area contributed by atoms with E-state index in [1.54, 1.807) is 0 Å². The number of hydrogen-bond donors (Lipinski definition) is 0. The molecule has 6 nitrogen and oxygen atoms in total. The predicted octanol–water partition coefficient (Wildman–Crippen LogP) is 1.84. The van der Waals surface area contributed by atoms with E-state index in [2.05, 4.69) is 9.47 Å². The quantitative estimate of drug-likeness (QED) is 0.753. The van der Waals surface area contributed by atoms with Crippen LogP contribution < -0.4 is 0 Å². The van der Waals surface area contributed by atoms with Crippen molar-refractivity contribution in [3.05, 3.63) is 28.8 Å². The molecule has 0 spiro atoms. The highest BCUT2D eigenvalue weighted by molar-refractivity contribution is 7.90. The number of rotatable bonds is 5. The lowest BCUT2D eigenvalue weighted by atomic mass is 10.0.